The van der Waals surface area contributed by atoms with E-state index >= 15 is 0 Å². The Morgan fingerprint density at radius 2 is 0.489 bits per heavy atom. The van der Waals surface area contributed by atoms with Crippen LogP contribution >= 0.6 is 15.6 Å². The third-order valence-electron chi connectivity index (χ3n) is 17.5. The first-order valence-electron chi connectivity index (χ1n) is 39.1. The van der Waals surface area contributed by atoms with Gasteiger partial charge in [0.05, 0.1) is 26.4 Å². The summed E-state index contributed by atoms with van der Waals surface area (Å²) in [6.45, 7) is 7.22. The molecule has 0 aliphatic heterocycles. The summed E-state index contributed by atoms with van der Waals surface area (Å²) in [5, 5.41) is 10.6. The molecule has 0 heterocycles. The lowest BCUT2D eigenvalue weighted by atomic mass is 10.0. The molecule has 2 unspecified atom stereocenters. The Morgan fingerprint density at radius 1 is 0.287 bits per heavy atom. The third kappa shape index (κ3) is 68.6. The quantitative estimate of drug-likeness (QED) is 0.0222. The molecule has 17 nitrogen and oxygen atoms in total. The second-order valence-electron chi connectivity index (χ2n) is 27.5. The standard InChI is InChI=1S/C75H146O17P2/c1-6-9-12-15-18-21-24-27-30-32-35-38-41-44-51-56-61-74(79)91-70(64-85-72(77)58-53-48-42-39-36-34-31-28-25-22-19-16-13-10-7-2)66-89-93(81,82)87-62-69(76)63-88-94(83,84)90-67-71(65-86-73(78)59-54-49-46-45-47-52-57-68(4)5)92-75(80)60-55-50-43-40-37-33-29-26-23-20-17-14-11-8-3/h68-71,76H,6-67H2,1-5H3,(H,81,82)(H,83,84)/t69-,70-,71-/m1/s1. The van der Waals surface area contributed by atoms with Crippen LogP contribution in [0, 0.1) is 5.92 Å². The SMILES string of the molecule is CCCCCCCCCCCCCCCCCCC(=O)O[C@H](COC(=O)CCCCCCCCCCCCCCCCC)COP(=O)(O)OC[C@@H](O)COP(=O)(O)OC[C@@H](COC(=O)CCCCCCCCC(C)C)OC(=O)CCCCCCCCCCCCCCCC. The first-order valence-corrected chi connectivity index (χ1v) is 42.1. The van der Waals surface area contributed by atoms with Crippen LogP contribution in [-0.2, 0) is 65.4 Å². The lowest BCUT2D eigenvalue weighted by Crippen LogP contribution is -2.30. The molecule has 558 valence electrons. The Labute approximate surface area is 575 Å². The average molecular weight is 1380 g/mol. The third-order valence-corrected chi connectivity index (χ3v) is 19.4. The maximum Gasteiger partial charge on any atom is 0.472 e. The number of carbonyl (C=O) groups is 4. The van der Waals surface area contributed by atoms with Crippen molar-refractivity contribution in [2.75, 3.05) is 39.6 Å². The van der Waals surface area contributed by atoms with Crippen molar-refractivity contribution >= 4 is 39.5 Å². The molecule has 0 rings (SSSR count). The number of aliphatic hydroxyl groups excluding tert-OH is 1. The molecule has 0 spiro atoms. The predicted molar refractivity (Wildman–Crippen MR) is 382 cm³/mol. The van der Waals surface area contributed by atoms with Crippen LogP contribution in [0.25, 0.3) is 0 Å². The van der Waals surface area contributed by atoms with Crippen LogP contribution < -0.4 is 0 Å². The Balaban J connectivity index is 5.23. The van der Waals surface area contributed by atoms with Crippen molar-refractivity contribution in [3.8, 4) is 0 Å². The molecule has 0 aromatic heterocycles. The van der Waals surface area contributed by atoms with Crippen LogP contribution in [0.4, 0.5) is 0 Å². The molecule has 0 amide bonds. The normalized spacial score (nSPS) is 14.0. The Morgan fingerprint density at radius 3 is 0.723 bits per heavy atom. The minimum absolute atomic E-state index is 0.107. The van der Waals surface area contributed by atoms with Gasteiger partial charge < -0.3 is 33.8 Å². The Hall–Kier alpha value is -1.94. The lowest BCUT2D eigenvalue weighted by Gasteiger charge is -2.21. The zero-order valence-electron chi connectivity index (χ0n) is 61.1. The van der Waals surface area contributed by atoms with E-state index in [0.29, 0.717) is 31.6 Å². The zero-order valence-corrected chi connectivity index (χ0v) is 62.9. The number of rotatable bonds is 75. The van der Waals surface area contributed by atoms with Gasteiger partial charge in [0.2, 0.25) is 0 Å². The van der Waals surface area contributed by atoms with Crippen molar-refractivity contribution < 1.29 is 80.2 Å². The number of hydrogen-bond donors (Lipinski definition) is 3. The van der Waals surface area contributed by atoms with E-state index in [0.717, 1.165) is 96.3 Å². The smallest absolute Gasteiger partial charge is 0.462 e. The van der Waals surface area contributed by atoms with E-state index in [1.165, 1.54) is 212 Å². The molecule has 0 aromatic carbocycles. The van der Waals surface area contributed by atoms with Crippen molar-refractivity contribution in [2.24, 2.45) is 5.92 Å². The minimum Gasteiger partial charge on any atom is -0.462 e. The number of hydrogen-bond acceptors (Lipinski definition) is 15. The molecule has 0 saturated heterocycles. The molecule has 0 bridgehead atoms. The van der Waals surface area contributed by atoms with Crippen LogP contribution in [0.15, 0.2) is 0 Å². The van der Waals surface area contributed by atoms with Gasteiger partial charge in [-0.15, -0.1) is 0 Å². The second kappa shape index (κ2) is 68.2. The highest BCUT2D eigenvalue weighted by molar-refractivity contribution is 7.47. The van der Waals surface area contributed by atoms with Crippen LogP contribution in [0.5, 0.6) is 0 Å². The highest BCUT2D eigenvalue weighted by Crippen LogP contribution is 2.45. The maximum atomic E-state index is 13.1. The summed E-state index contributed by atoms with van der Waals surface area (Å²) >= 11 is 0. The monoisotopic (exact) mass is 1380 g/mol. The molecule has 0 radical (unpaired) electrons. The predicted octanol–water partition coefficient (Wildman–Crippen LogP) is 22.1. The second-order valence-corrected chi connectivity index (χ2v) is 30.4. The first kappa shape index (κ1) is 92.1. The van der Waals surface area contributed by atoms with E-state index in [1.807, 2.05) is 0 Å². The van der Waals surface area contributed by atoms with Gasteiger partial charge in [0.25, 0.3) is 0 Å². The molecule has 0 fully saturated rings. The minimum atomic E-state index is -4.96. The van der Waals surface area contributed by atoms with Crippen molar-refractivity contribution in [3.63, 3.8) is 0 Å². The fraction of sp³-hybridized carbons (Fsp3) is 0.947. The molecule has 5 atom stereocenters. The fourth-order valence-electron chi connectivity index (χ4n) is 11.5. The van der Waals surface area contributed by atoms with Gasteiger partial charge >= 0.3 is 39.5 Å². The summed E-state index contributed by atoms with van der Waals surface area (Å²) in [6.07, 6.45) is 56.9. The summed E-state index contributed by atoms with van der Waals surface area (Å²) in [5.74, 6) is -1.43. The number of phosphoric acid groups is 2. The molecule has 3 N–H and O–H groups in total. The van der Waals surface area contributed by atoms with Gasteiger partial charge in [-0.25, -0.2) is 9.13 Å². The highest BCUT2D eigenvalue weighted by atomic mass is 31.2. The number of unbranched alkanes of at least 4 members (excludes halogenated alkanes) is 47. The first-order chi connectivity index (χ1) is 45.5. The van der Waals surface area contributed by atoms with Gasteiger partial charge in [-0.3, -0.25) is 37.3 Å². The van der Waals surface area contributed by atoms with E-state index in [1.54, 1.807) is 0 Å². The number of esters is 4. The average Bonchev–Trinajstić information content (AvgIpc) is 2.48. The molecule has 0 aromatic rings. The summed E-state index contributed by atoms with van der Waals surface area (Å²) < 4.78 is 68.5. The van der Waals surface area contributed by atoms with Gasteiger partial charge in [0, 0.05) is 25.7 Å². The van der Waals surface area contributed by atoms with Crippen LogP contribution in [-0.4, -0.2) is 96.7 Å². The van der Waals surface area contributed by atoms with Crippen molar-refractivity contribution in [3.05, 3.63) is 0 Å². The van der Waals surface area contributed by atoms with Gasteiger partial charge in [-0.2, -0.15) is 0 Å². The highest BCUT2D eigenvalue weighted by Gasteiger charge is 2.30. The molecule has 0 aliphatic rings. The fourth-order valence-corrected chi connectivity index (χ4v) is 13.1. The van der Waals surface area contributed by atoms with Gasteiger partial charge in [0.1, 0.15) is 19.3 Å². The van der Waals surface area contributed by atoms with Crippen molar-refractivity contribution in [2.45, 2.75) is 412 Å². The van der Waals surface area contributed by atoms with Crippen LogP contribution in [0.2, 0.25) is 0 Å². The van der Waals surface area contributed by atoms with Gasteiger partial charge in [-0.05, 0) is 31.6 Å². The Bertz CT molecular complexity index is 1810. The zero-order chi connectivity index (χ0) is 69.1. The van der Waals surface area contributed by atoms with Gasteiger partial charge in [0.15, 0.2) is 12.2 Å². The van der Waals surface area contributed by atoms with Crippen LogP contribution in [0.1, 0.15) is 394 Å². The van der Waals surface area contributed by atoms with E-state index < -0.39 is 97.5 Å². The van der Waals surface area contributed by atoms with E-state index in [2.05, 4.69) is 34.6 Å². The molecular formula is C75H146O17P2. The number of carbonyl (C=O) groups excluding carboxylic acids is 4. The number of ether oxygens (including phenoxy) is 4. The van der Waals surface area contributed by atoms with Crippen molar-refractivity contribution in [1.29, 1.82) is 0 Å². The Kier molecular flexibility index (Phi) is 66.8. The summed E-state index contributed by atoms with van der Waals surface area (Å²) in [6, 6.07) is 0. The lowest BCUT2D eigenvalue weighted by molar-refractivity contribution is -0.161. The topological polar surface area (TPSA) is 237 Å². The number of phosphoric ester groups is 2. The van der Waals surface area contributed by atoms with Crippen molar-refractivity contribution in [1.82, 2.24) is 0 Å². The summed E-state index contributed by atoms with van der Waals surface area (Å²) in [7, 11) is -9.91. The van der Waals surface area contributed by atoms with E-state index in [9.17, 15) is 43.2 Å². The molecule has 0 aliphatic carbocycles. The maximum absolute atomic E-state index is 13.1. The molecule has 94 heavy (non-hydrogen) atoms. The molecule has 19 heteroatoms. The van der Waals surface area contributed by atoms with Crippen LogP contribution in [0.3, 0.4) is 0 Å². The molecule has 0 saturated carbocycles. The largest absolute Gasteiger partial charge is 0.472 e. The summed E-state index contributed by atoms with van der Waals surface area (Å²) in [5.41, 5.74) is 0. The molecular weight excluding hydrogens is 1230 g/mol. The van der Waals surface area contributed by atoms with Gasteiger partial charge in [-0.1, -0.05) is 343 Å². The number of aliphatic hydroxyl groups is 1. The van der Waals surface area contributed by atoms with E-state index in [4.69, 9.17) is 37.0 Å². The van der Waals surface area contributed by atoms with E-state index in [-0.39, 0.29) is 25.7 Å². The summed E-state index contributed by atoms with van der Waals surface area (Å²) in [4.78, 5) is 72.7.